The first-order valence-corrected chi connectivity index (χ1v) is 13.7. The average Bonchev–Trinajstić information content (AvgIpc) is 2.64. The highest BCUT2D eigenvalue weighted by Crippen LogP contribution is 2.27. The first-order valence-electron chi connectivity index (χ1n) is 10.8. The van der Waals surface area contributed by atoms with Crippen molar-refractivity contribution in [3.8, 4) is 0 Å². The van der Waals surface area contributed by atoms with Crippen LogP contribution in [0.5, 0.6) is 0 Å². The normalized spacial score (nSPS) is 11.6. The van der Waals surface area contributed by atoms with E-state index in [4.69, 9.17) is 9.47 Å². The van der Waals surface area contributed by atoms with Gasteiger partial charge in [-0.3, -0.25) is 9.59 Å². The van der Waals surface area contributed by atoms with Gasteiger partial charge >= 0.3 is 11.9 Å². The predicted octanol–water partition coefficient (Wildman–Crippen LogP) is 5.97. The van der Waals surface area contributed by atoms with Gasteiger partial charge in [0.1, 0.15) is 0 Å². The Morgan fingerprint density at radius 1 is 0.692 bits per heavy atom. The van der Waals surface area contributed by atoms with Gasteiger partial charge < -0.3 is 9.47 Å². The summed E-state index contributed by atoms with van der Waals surface area (Å²) in [7, 11) is -0.952. The van der Waals surface area contributed by atoms with Crippen LogP contribution in [0.15, 0.2) is 0 Å². The van der Waals surface area contributed by atoms with Crippen LogP contribution in [0.25, 0.3) is 0 Å². The average molecular weight is 387 g/mol. The molecule has 0 spiro atoms. The fraction of sp³-hybridized carbons (Fsp3) is 0.905. The quantitative estimate of drug-likeness (QED) is 0.142. The molecule has 0 rings (SSSR count). The Kier molecular flexibility index (Phi) is 14.7. The van der Waals surface area contributed by atoms with Gasteiger partial charge in [-0.15, -0.1) is 0 Å². The van der Waals surface area contributed by atoms with E-state index in [0.29, 0.717) is 19.6 Å². The number of hydrogen-bond acceptors (Lipinski definition) is 4. The minimum absolute atomic E-state index is 0.298. The molecule has 4 nitrogen and oxygen atoms in total. The second-order valence-electron chi connectivity index (χ2n) is 7.28. The predicted molar refractivity (Wildman–Crippen MR) is 111 cm³/mol. The van der Waals surface area contributed by atoms with E-state index in [2.05, 4.69) is 20.8 Å². The van der Waals surface area contributed by atoms with Gasteiger partial charge in [0.15, 0.2) is 5.92 Å². The summed E-state index contributed by atoms with van der Waals surface area (Å²) in [6.45, 7) is 11.2. The largest absolute Gasteiger partial charge is 0.465 e. The minimum atomic E-state index is -0.952. The molecule has 0 radical (unpaired) electrons. The Morgan fingerprint density at radius 2 is 1.12 bits per heavy atom. The highest BCUT2D eigenvalue weighted by molar-refractivity contribution is 6.79. The molecule has 0 amide bonds. The summed E-state index contributed by atoms with van der Waals surface area (Å²) in [5.74, 6) is -1.63. The molecule has 0 heterocycles. The number of carbonyl (C=O) groups is 2. The van der Waals surface area contributed by atoms with Crippen LogP contribution in [-0.2, 0) is 19.1 Å². The van der Waals surface area contributed by atoms with E-state index in [1.54, 1.807) is 13.8 Å². The summed E-state index contributed by atoms with van der Waals surface area (Å²) >= 11 is 0. The number of hydrogen-bond donors (Lipinski definition) is 0. The maximum atomic E-state index is 11.9. The third-order valence-corrected chi connectivity index (χ3v) is 11.8. The lowest BCUT2D eigenvalue weighted by Crippen LogP contribution is -2.30. The summed E-state index contributed by atoms with van der Waals surface area (Å²) in [5.41, 5.74) is 0. The van der Waals surface area contributed by atoms with E-state index in [-0.39, 0.29) is 0 Å². The molecule has 0 aromatic carbocycles. The smallest absolute Gasteiger partial charge is 0.320 e. The topological polar surface area (TPSA) is 52.6 Å². The molecule has 0 fully saturated rings. The number of unbranched alkanes of at least 4 members (excludes halogenated alkanes) is 5. The second-order valence-corrected chi connectivity index (χ2v) is 12.9. The van der Waals surface area contributed by atoms with Crippen LogP contribution in [-0.4, -0.2) is 33.2 Å². The van der Waals surface area contributed by atoms with E-state index >= 15 is 0 Å². The molecule has 0 aromatic rings. The van der Waals surface area contributed by atoms with Gasteiger partial charge in [0.2, 0.25) is 0 Å². The van der Waals surface area contributed by atoms with Gasteiger partial charge in [-0.1, -0.05) is 83.5 Å². The van der Waals surface area contributed by atoms with Gasteiger partial charge in [-0.25, -0.2) is 0 Å². The number of esters is 2. The van der Waals surface area contributed by atoms with Crippen molar-refractivity contribution >= 4 is 20.0 Å². The molecule has 26 heavy (non-hydrogen) atoms. The summed E-state index contributed by atoms with van der Waals surface area (Å²) in [4.78, 5) is 23.8. The standard InChI is InChI=1S/C21H42O4Si/c1-6-24-20(22)19(21(23)25-7-2)17-15-13-11-12-14-16-18-26(8-3,9-4)10-5/h19H,6-18H2,1-5H3. The Hall–Kier alpha value is -0.843. The number of rotatable bonds is 16. The minimum Gasteiger partial charge on any atom is -0.465 e. The number of ether oxygens (including phenoxy) is 2. The maximum Gasteiger partial charge on any atom is 0.320 e. The lowest BCUT2D eigenvalue weighted by molar-refractivity contribution is -0.161. The maximum absolute atomic E-state index is 11.9. The lowest BCUT2D eigenvalue weighted by Gasteiger charge is -2.28. The lowest BCUT2D eigenvalue weighted by atomic mass is 10.0. The molecule has 0 saturated heterocycles. The summed E-state index contributed by atoms with van der Waals surface area (Å²) in [5, 5.41) is 0. The van der Waals surface area contributed by atoms with Gasteiger partial charge in [0, 0.05) is 0 Å². The summed E-state index contributed by atoms with van der Waals surface area (Å²) in [6.07, 6.45) is 7.59. The van der Waals surface area contributed by atoms with E-state index in [1.165, 1.54) is 49.9 Å². The molecule has 0 saturated carbocycles. The molecule has 5 heteroatoms. The third-order valence-electron chi connectivity index (χ3n) is 5.84. The molecule has 0 aliphatic rings. The van der Waals surface area contributed by atoms with E-state index in [0.717, 1.165) is 12.8 Å². The summed E-state index contributed by atoms with van der Waals surface area (Å²) in [6, 6.07) is 5.74. The molecular weight excluding hydrogens is 344 g/mol. The highest BCUT2D eigenvalue weighted by Gasteiger charge is 2.28. The Bertz CT molecular complexity index is 354. The van der Waals surface area contributed by atoms with Crippen LogP contribution in [0.1, 0.15) is 79.6 Å². The van der Waals surface area contributed by atoms with Crippen molar-refractivity contribution in [1.29, 1.82) is 0 Å². The van der Waals surface area contributed by atoms with Crippen molar-refractivity contribution in [3.05, 3.63) is 0 Å². The molecule has 0 N–H and O–H groups in total. The van der Waals surface area contributed by atoms with E-state index in [9.17, 15) is 9.59 Å². The Balaban J connectivity index is 4.00. The fourth-order valence-electron chi connectivity index (χ4n) is 3.65. The SMILES string of the molecule is CCOC(=O)C(CCCCCCCC[Si](CC)(CC)CC)C(=O)OCC. The molecular formula is C21H42O4Si. The Morgan fingerprint density at radius 3 is 1.54 bits per heavy atom. The van der Waals surface area contributed by atoms with E-state index in [1.807, 2.05) is 0 Å². The van der Waals surface area contributed by atoms with Crippen LogP contribution >= 0.6 is 0 Å². The van der Waals surface area contributed by atoms with Crippen LogP contribution < -0.4 is 0 Å². The molecule has 0 bridgehead atoms. The third kappa shape index (κ3) is 9.74. The fourth-order valence-corrected chi connectivity index (χ4v) is 7.21. The van der Waals surface area contributed by atoms with Crippen LogP contribution in [0.4, 0.5) is 0 Å². The molecule has 0 aromatic heterocycles. The zero-order chi connectivity index (χ0) is 19.8. The van der Waals surface area contributed by atoms with Crippen molar-refractivity contribution in [1.82, 2.24) is 0 Å². The molecule has 0 atom stereocenters. The van der Waals surface area contributed by atoms with Gasteiger partial charge in [-0.05, 0) is 20.3 Å². The van der Waals surface area contributed by atoms with Gasteiger partial charge in [0.05, 0.1) is 21.3 Å². The van der Waals surface area contributed by atoms with Crippen molar-refractivity contribution in [2.75, 3.05) is 13.2 Å². The molecule has 0 aliphatic carbocycles. The second kappa shape index (κ2) is 15.2. The van der Waals surface area contributed by atoms with Crippen LogP contribution in [0.3, 0.4) is 0 Å². The summed E-state index contributed by atoms with van der Waals surface area (Å²) < 4.78 is 10.0. The first kappa shape index (κ1) is 25.2. The van der Waals surface area contributed by atoms with Crippen molar-refractivity contribution in [2.45, 2.75) is 104 Å². The van der Waals surface area contributed by atoms with Crippen molar-refractivity contribution in [2.24, 2.45) is 5.92 Å². The zero-order valence-electron chi connectivity index (χ0n) is 17.9. The number of carbonyl (C=O) groups excluding carboxylic acids is 2. The molecule has 0 aliphatic heterocycles. The molecule has 0 unspecified atom stereocenters. The highest BCUT2D eigenvalue weighted by atomic mass is 28.3. The van der Waals surface area contributed by atoms with Crippen LogP contribution in [0, 0.1) is 5.92 Å². The molecule has 154 valence electrons. The van der Waals surface area contributed by atoms with E-state index < -0.39 is 25.9 Å². The zero-order valence-corrected chi connectivity index (χ0v) is 18.9. The van der Waals surface area contributed by atoms with Crippen molar-refractivity contribution in [3.63, 3.8) is 0 Å². The van der Waals surface area contributed by atoms with Gasteiger partial charge in [-0.2, -0.15) is 0 Å². The van der Waals surface area contributed by atoms with Crippen molar-refractivity contribution < 1.29 is 19.1 Å². The van der Waals surface area contributed by atoms with Gasteiger partial charge in [0.25, 0.3) is 0 Å². The first-order chi connectivity index (χ1) is 12.5. The monoisotopic (exact) mass is 386 g/mol. The Labute approximate surface area is 162 Å². The van der Waals surface area contributed by atoms with Crippen LogP contribution in [0.2, 0.25) is 24.2 Å².